The summed E-state index contributed by atoms with van der Waals surface area (Å²) in [4.78, 5) is 12.9. The molecule has 2 heterocycles. The third kappa shape index (κ3) is 2.13. The average Bonchev–Trinajstić information content (AvgIpc) is 3.00. The second-order valence-electron chi connectivity index (χ2n) is 5.70. The van der Waals surface area contributed by atoms with Crippen molar-refractivity contribution >= 4 is 17.3 Å². The van der Waals surface area contributed by atoms with Gasteiger partial charge in [-0.15, -0.1) is 5.01 Å². The van der Waals surface area contributed by atoms with Crippen molar-refractivity contribution in [2.24, 2.45) is 0 Å². The minimum absolute atomic E-state index is 0.111. The molecule has 0 fully saturated rings. The van der Waals surface area contributed by atoms with E-state index in [0.29, 0.717) is 38.9 Å². The Balaban J connectivity index is 1.98. The highest BCUT2D eigenvalue weighted by atomic mass is 16.7. The van der Waals surface area contributed by atoms with Gasteiger partial charge in [0.25, 0.3) is 11.6 Å². The number of hydrazine groups is 1. The molecule has 2 aromatic carbocycles. The van der Waals surface area contributed by atoms with E-state index in [2.05, 4.69) is 0 Å². The number of anilines is 1. The van der Waals surface area contributed by atoms with Gasteiger partial charge in [0.1, 0.15) is 0 Å². The number of rotatable bonds is 1. The van der Waals surface area contributed by atoms with Crippen LogP contribution in [0, 0.1) is 5.21 Å². The number of nitrogens with two attached hydrogens (primary N) is 1. The van der Waals surface area contributed by atoms with Crippen molar-refractivity contribution in [1.29, 1.82) is 0 Å². The first-order valence-electron chi connectivity index (χ1n) is 7.44. The number of nitrogens with zero attached hydrogens (tertiary/aromatic N) is 2. The van der Waals surface area contributed by atoms with Crippen LogP contribution in [0.1, 0.15) is 16.7 Å². The maximum Gasteiger partial charge on any atom is 0.282 e. The Morgan fingerprint density at radius 1 is 1.17 bits per heavy atom. The van der Waals surface area contributed by atoms with Gasteiger partial charge in [-0.2, -0.15) is 0 Å². The molecule has 2 aromatic rings. The zero-order chi connectivity index (χ0) is 16.8. The van der Waals surface area contributed by atoms with Crippen molar-refractivity contribution in [1.82, 2.24) is 5.01 Å². The van der Waals surface area contributed by atoms with E-state index >= 15 is 0 Å². The molecule has 1 amide bonds. The normalized spacial score (nSPS) is 16.2. The van der Waals surface area contributed by atoms with Gasteiger partial charge in [0.05, 0.1) is 24.6 Å². The quantitative estimate of drug-likeness (QED) is 0.484. The second-order valence-corrected chi connectivity index (χ2v) is 5.70. The molecule has 0 unspecified atom stereocenters. The van der Waals surface area contributed by atoms with Crippen molar-refractivity contribution < 1.29 is 19.1 Å². The zero-order valence-corrected chi connectivity index (χ0v) is 13.0. The summed E-state index contributed by atoms with van der Waals surface area (Å²) in [6.45, 7) is 0.129. The molecule has 0 aliphatic carbocycles. The van der Waals surface area contributed by atoms with Gasteiger partial charge in [-0.05, 0) is 42.0 Å². The van der Waals surface area contributed by atoms with Crippen molar-refractivity contribution in [3.05, 3.63) is 58.3 Å². The van der Waals surface area contributed by atoms with Crippen LogP contribution >= 0.6 is 0 Å². The first-order valence-corrected chi connectivity index (χ1v) is 7.44. The molecule has 0 saturated carbocycles. The fourth-order valence-corrected chi connectivity index (χ4v) is 2.89. The Morgan fingerprint density at radius 3 is 2.54 bits per heavy atom. The molecule has 0 aromatic heterocycles. The zero-order valence-electron chi connectivity index (χ0n) is 13.0. The molecule has 122 valence electrons. The summed E-state index contributed by atoms with van der Waals surface area (Å²) in [6, 6.07) is 10.5. The summed E-state index contributed by atoms with van der Waals surface area (Å²) in [6.07, 6.45) is 0.111. The predicted molar refractivity (Wildman–Crippen MR) is 86.7 cm³/mol. The highest BCUT2D eigenvalue weighted by molar-refractivity contribution is 6.12. The highest BCUT2D eigenvalue weighted by Gasteiger charge is 2.33. The first-order chi connectivity index (χ1) is 11.5. The van der Waals surface area contributed by atoms with E-state index in [1.54, 1.807) is 36.4 Å². The molecule has 0 bridgehead atoms. The summed E-state index contributed by atoms with van der Waals surface area (Å²) in [5.41, 5.74) is 8.75. The molecule has 2 N–H and O–H groups in total. The average molecular weight is 325 g/mol. The number of likely N-dealkylation sites (N-methyl/N-ethyl adjacent to an activating group) is 1. The van der Waals surface area contributed by atoms with Crippen LogP contribution < -0.4 is 15.2 Å². The maximum absolute atomic E-state index is 12.8. The molecule has 7 nitrogen and oxygen atoms in total. The number of hydrazone groups is 1. The maximum atomic E-state index is 12.8. The van der Waals surface area contributed by atoms with Crippen LogP contribution in [0.15, 0.2) is 36.4 Å². The number of carbonyl (C=O) groups is 1. The molecule has 0 spiro atoms. The summed E-state index contributed by atoms with van der Waals surface area (Å²) in [5, 5.41) is 13.9. The lowest BCUT2D eigenvalue weighted by molar-refractivity contribution is -0.608. The second kappa shape index (κ2) is 5.16. The summed E-state index contributed by atoms with van der Waals surface area (Å²) < 4.78 is 10.8. The molecule has 0 atom stereocenters. The smallest absolute Gasteiger partial charge is 0.282 e. The lowest BCUT2D eigenvalue weighted by Gasteiger charge is -2.15. The largest absolute Gasteiger partial charge is 0.595 e. The fourth-order valence-electron chi connectivity index (χ4n) is 2.89. The molecule has 2 aliphatic heterocycles. The number of amides is 1. The van der Waals surface area contributed by atoms with Crippen molar-refractivity contribution in [2.75, 3.05) is 19.6 Å². The van der Waals surface area contributed by atoms with Gasteiger partial charge in [-0.3, -0.25) is 4.79 Å². The van der Waals surface area contributed by atoms with Gasteiger partial charge in [0, 0.05) is 5.69 Å². The van der Waals surface area contributed by atoms with Gasteiger partial charge in [0.15, 0.2) is 11.5 Å². The third-order valence-corrected chi connectivity index (χ3v) is 4.20. The molecule has 0 saturated heterocycles. The lowest BCUT2D eigenvalue weighted by atomic mass is 9.95. The Morgan fingerprint density at radius 2 is 1.83 bits per heavy atom. The van der Waals surface area contributed by atoms with Crippen LogP contribution in [0.5, 0.6) is 11.5 Å². The van der Waals surface area contributed by atoms with E-state index in [1.165, 1.54) is 7.05 Å². The number of fused-ring (bicyclic) bond motifs is 2. The third-order valence-electron chi connectivity index (χ3n) is 4.20. The van der Waals surface area contributed by atoms with Gasteiger partial charge in [0.2, 0.25) is 6.79 Å². The molecule has 2 aliphatic rings. The van der Waals surface area contributed by atoms with Gasteiger partial charge in [-0.1, -0.05) is 4.85 Å². The molecular formula is C17H15N3O4. The number of carbonyl (C=O) groups excluding carboxylic acids is 1. The highest BCUT2D eigenvalue weighted by Crippen LogP contribution is 2.36. The van der Waals surface area contributed by atoms with Crippen molar-refractivity contribution in [2.45, 2.75) is 6.42 Å². The van der Waals surface area contributed by atoms with Crippen molar-refractivity contribution in [3.8, 4) is 11.5 Å². The molecule has 7 heteroatoms. The van der Waals surface area contributed by atoms with E-state index in [-0.39, 0.29) is 19.1 Å². The first kappa shape index (κ1) is 14.4. The Labute approximate surface area is 138 Å². The summed E-state index contributed by atoms with van der Waals surface area (Å²) in [7, 11) is 1.46. The summed E-state index contributed by atoms with van der Waals surface area (Å²) in [5.74, 6) is 0.850. The Kier molecular flexibility index (Phi) is 3.09. The molecule has 24 heavy (non-hydrogen) atoms. The minimum Gasteiger partial charge on any atom is -0.595 e. The van der Waals surface area contributed by atoms with Crippen LogP contribution in [0.2, 0.25) is 0 Å². The van der Waals surface area contributed by atoms with Crippen LogP contribution in [0.3, 0.4) is 0 Å². The minimum atomic E-state index is -0.296. The topological polar surface area (TPSA) is 90.9 Å². The van der Waals surface area contributed by atoms with Crippen LogP contribution in [0.25, 0.3) is 0 Å². The number of ether oxygens (including phenoxy) is 2. The number of hydrogen-bond acceptors (Lipinski definition) is 5. The van der Waals surface area contributed by atoms with Crippen LogP contribution in [-0.4, -0.2) is 35.3 Å². The Bertz CT molecular complexity index is 874. The SMILES string of the molecule is CN1C(=O)Cc2cc3c(cc2C(c2ccc(N)cc2)=[N+]1[O-])OCO3. The molecular weight excluding hydrogens is 310 g/mol. The van der Waals surface area contributed by atoms with Gasteiger partial charge >= 0.3 is 0 Å². The van der Waals surface area contributed by atoms with E-state index in [1.807, 2.05) is 0 Å². The summed E-state index contributed by atoms with van der Waals surface area (Å²) >= 11 is 0. The lowest BCUT2D eigenvalue weighted by Crippen LogP contribution is -2.36. The predicted octanol–water partition coefficient (Wildman–Crippen LogP) is 1.27. The van der Waals surface area contributed by atoms with E-state index in [4.69, 9.17) is 15.2 Å². The fraction of sp³-hybridized carbons (Fsp3) is 0.176. The Hall–Kier alpha value is -3.22. The standard InChI is InChI=1S/C17H15N3O4/c1-19-16(21)7-11-6-14-15(24-9-23-14)8-13(11)17(20(19)22)10-2-4-12(18)5-3-10/h2-6,8H,7,9,18H2,1H3. The van der Waals surface area contributed by atoms with Crippen molar-refractivity contribution in [3.63, 3.8) is 0 Å². The number of nitrogen functional groups attached to an aromatic ring is 1. The van der Waals surface area contributed by atoms with Gasteiger partial charge < -0.3 is 20.4 Å². The van der Waals surface area contributed by atoms with Gasteiger partial charge in [-0.25, -0.2) is 0 Å². The molecule has 0 radical (unpaired) electrons. The monoisotopic (exact) mass is 325 g/mol. The van der Waals surface area contributed by atoms with Crippen LogP contribution in [0.4, 0.5) is 5.69 Å². The number of benzene rings is 2. The molecule has 4 rings (SSSR count). The van der Waals surface area contributed by atoms with E-state index in [9.17, 15) is 10.0 Å². The van der Waals surface area contributed by atoms with E-state index in [0.717, 1.165) is 10.6 Å². The van der Waals surface area contributed by atoms with E-state index < -0.39 is 0 Å². The number of hydrogen-bond donors (Lipinski definition) is 1. The van der Waals surface area contributed by atoms with Crippen LogP contribution in [-0.2, 0) is 11.2 Å².